The first kappa shape index (κ1) is 14.3. The van der Waals surface area contributed by atoms with Gasteiger partial charge in [0.25, 0.3) is 0 Å². The van der Waals surface area contributed by atoms with Crippen LogP contribution in [0.25, 0.3) is 0 Å². The number of nitriles is 1. The monoisotopic (exact) mass is 272 g/mol. The van der Waals surface area contributed by atoms with E-state index in [2.05, 4.69) is 21.3 Å². The van der Waals surface area contributed by atoms with Crippen molar-refractivity contribution in [2.45, 2.75) is 32.7 Å². The predicted octanol–water partition coefficient (Wildman–Crippen LogP) is 1.69. The number of carbonyl (C=O) groups excluding carboxylic acids is 1. The van der Waals surface area contributed by atoms with Crippen molar-refractivity contribution in [1.82, 2.24) is 10.3 Å². The number of carbonyl (C=O) groups is 1. The summed E-state index contributed by atoms with van der Waals surface area (Å²) in [5, 5.41) is 11.9. The average Bonchev–Trinajstić information content (AvgIpc) is 2.86. The van der Waals surface area contributed by atoms with Crippen LogP contribution in [0, 0.1) is 17.2 Å². The number of nitrogens with zero attached hydrogens (tertiary/aromatic N) is 3. The van der Waals surface area contributed by atoms with Crippen molar-refractivity contribution in [2.75, 3.05) is 18.0 Å². The molecule has 106 valence electrons. The predicted molar refractivity (Wildman–Crippen MR) is 77.2 cm³/mol. The van der Waals surface area contributed by atoms with Crippen molar-refractivity contribution in [1.29, 1.82) is 5.26 Å². The van der Waals surface area contributed by atoms with Gasteiger partial charge in [0.15, 0.2) is 0 Å². The van der Waals surface area contributed by atoms with Crippen LogP contribution in [0.1, 0.15) is 32.8 Å². The molecule has 0 radical (unpaired) electrons. The lowest BCUT2D eigenvalue weighted by molar-refractivity contribution is -0.125. The van der Waals surface area contributed by atoms with E-state index in [1.807, 2.05) is 20.8 Å². The molecule has 0 bridgehead atoms. The third-order valence-electron chi connectivity index (χ3n) is 3.26. The first-order chi connectivity index (χ1) is 9.39. The Kier molecular flexibility index (Phi) is 3.93. The third kappa shape index (κ3) is 3.47. The second-order valence-corrected chi connectivity index (χ2v) is 6.19. The van der Waals surface area contributed by atoms with Gasteiger partial charge in [-0.3, -0.25) is 4.79 Å². The minimum Gasteiger partial charge on any atom is -0.356 e. The van der Waals surface area contributed by atoms with Gasteiger partial charge in [0.05, 0.1) is 17.6 Å². The molecular weight excluding hydrogens is 252 g/mol. The molecule has 2 rings (SSSR count). The van der Waals surface area contributed by atoms with Crippen molar-refractivity contribution in [3.8, 4) is 6.07 Å². The third-order valence-corrected chi connectivity index (χ3v) is 3.26. The van der Waals surface area contributed by atoms with E-state index in [0.29, 0.717) is 12.1 Å². The fourth-order valence-electron chi connectivity index (χ4n) is 2.31. The van der Waals surface area contributed by atoms with Crippen LogP contribution in [0.4, 0.5) is 5.82 Å². The van der Waals surface area contributed by atoms with E-state index in [0.717, 1.165) is 18.8 Å². The fraction of sp³-hybridized carbons (Fsp3) is 0.533. The summed E-state index contributed by atoms with van der Waals surface area (Å²) in [4.78, 5) is 18.5. The highest BCUT2D eigenvalue weighted by molar-refractivity contribution is 5.80. The van der Waals surface area contributed by atoms with Crippen LogP contribution < -0.4 is 10.2 Å². The van der Waals surface area contributed by atoms with Crippen LogP contribution in [-0.4, -0.2) is 29.5 Å². The molecule has 1 amide bonds. The smallest absolute Gasteiger partial charge is 0.225 e. The Bertz CT molecular complexity index is 542. The topological polar surface area (TPSA) is 69.0 Å². The highest BCUT2D eigenvalue weighted by Gasteiger charge is 2.30. The number of nitrogens with one attached hydrogen (secondary N) is 1. The molecule has 1 unspecified atom stereocenters. The molecule has 0 aromatic carbocycles. The van der Waals surface area contributed by atoms with Gasteiger partial charge in [0.2, 0.25) is 5.91 Å². The van der Waals surface area contributed by atoms with E-state index in [-0.39, 0.29) is 17.4 Å². The molecular formula is C15H20N4O. The second kappa shape index (κ2) is 5.49. The van der Waals surface area contributed by atoms with Crippen molar-refractivity contribution >= 4 is 11.7 Å². The largest absolute Gasteiger partial charge is 0.356 e. The van der Waals surface area contributed by atoms with Gasteiger partial charge in [-0.1, -0.05) is 0 Å². The molecule has 0 spiro atoms. The molecule has 1 N–H and O–H groups in total. The first-order valence-electron chi connectivity index (χ1n) is 6.82. The Morgan fingerprint density at radius 3 is 2.95 bits per heavy atom. The van der Waals surface area contributed by atoms with Crippen LogP contribution in [0.5, 0.6) is 0 Å². The molecule has 5 nitrogen and oxygen atoms in total. The molecule has 1 aromatic heterocycles. The molecule has 0 saturated carbocycles. The lowest BCUT2D eigenvalue weighted by atomic mass is 10.0. The number of rotatable bonds is 2. The van der Waals surface area contributed by atoms with E-state index in [1.165, 1.54) is 0 Å². The summed E-state index contributed by atoms with van der Waals surface area (Å²) in [5.41, 5.74) is 0.390. The standard InChI is InChI=1S/C15H20N4O/c1-15(2,3)18-14(20)12-5-7-19(10-12)13-8-11(9-16)4-6-17-13/h4,6,8,12H,5,7,10H2,1-3H3,(H,18,20). The van der Waals surface area contributed by atoms with Gasteiger partial charge in [-0.05, 0) is 39.3 Å². The highest BCUT2D eigenvalue weighted by Crippen LogP contribution is 2.23. The molecule has 1 aromatic rings. The quantitative estimate of drug-likeness (QED) is 0.889. The van der Waals surface area contributed by atoms with Crippen molar-refractivity contribution in [2.24, 2.45) is 5.92 Å². The Morgan fingerprint density at radius 2 is 2.30 bits per heavy atom. The first-order valence-corrected chi connectivity index (χ1v) is 6.82. The summed E-state index contributed by atoms with van der Waals surface area (Å²) in [6, 6.07) is 5.56. The highest BCUT2D eigenvalue weighted by atomic mass is 16.2. The lowest BCUT2D eigenvalue weighted by Crippen LogP contribution is -2.44. The van der Waals surface area contributed by atoms with Crippen molar-refractivity contribution in [3.63, 3.8) is 0 Å². The lowest BCUT2D eigenvalue weighted by Gasteiger charge is -2.23. The number of amides is 1. The van der Waals surface area contributed by atoms with Gasteiger partial charge in [0, 0.05) is 24.8 Å². The maximum atomic E-state index is 12.2. The maximum Gasteiger partial charge on any atom is 0.225 e. The van der Waals surface area contributed by atoms with E-state index < -0.39 is 0 Å². The number of hydrogen-bond donors (Lipinski definition) is 1. The Hall–Kier alpha value is -2.09. The molecule has 1 fully saturated rings. The summed E-state index contributed by atoms with van der Waals surface area (Å²) in [5.74, 6) is 0.855. The minimum absolute atomic E-state index is 0.0123. The van der Waals surface area contributed by atoms with Gasteiger partial charge >= 0.3 is 0 Å². The van der Waals surface area contributed by atoms with E-state index >= 15 is 0 Å². The number of hydrogen-bond acceptors (Lipinski definition) is 4. The molecule has 0 aliphatic carbocycles. The Labute approximate surface area is 119 Å². The zero-order chi connectivity index (χ0) is 14.8. The van der Waals surface area contributed by atoms with Gasteiger partial charge in [-0.25, -0.2) is 4.98 Å². The van der Waals surface area contributed by atoms with Gasteiger partial charge in [-0.2, -0.15) is 5.26 Å². The molecule has 1 aliphatic heterocycles. The van der Waals surface area contributed by atoms with Crippen LogP contribution in [0.15, 0.2) is 18.3 Å². The van der Waals surface area contributed by atoms with Crippen LogP contribution >= 0.6 is 0 Å². The van der Waals surface area contributed by atoms with Gasteiger partial charge in [0.1, 0.15) is 5.82 Å². The molecule has 1 saturated heterocycles. The molecule has 1 atom stereocenters. The van der Waals surface area contributed by atoms with Crippen molar-refractivity contribution in [3.05, 3.63) is 23.9 Å². The zero-order valence-corrected chi connectivity index (χ0v) is 12.2. The number of anilines is 1. The van der Waals surface area contributed by atoms with E-state index in [4.69, 9.17) is 5.26 Å². The summed E-state index contributed by atoms with van der Waals surface area (Å²) in [6.45, 7) is 7.40. The summed E-state index contributed by atoms with van der Waals surface area (Å²) in [6.07, 6.45) is 2.46. The summed E-state index contributed by atoms with van der Waals surface area (Å²) >= 11 is 0. The maximum absolute atomic E-state index is 12.2. The number of pyridine rings is 1. The molecule has 1 aliphatic rings. The minimum atomic E-state index is -0.205. The molecule has 2 heterocycles. The Morgan fingerprint density at radius 1 is 1.55 bits per heavy atom. The SMILES string of the molecule is CC(C)(C)NC(=O)C1CCN(c2cc(C#N)ccn2)C1. The molecule has 5 heteroatoms. The van der Waals surface area contributed by atoms with Crippen LogP contribution in [-0.2, 0) is 4.79 Å². The number of aromatic nitrogens is 1. The van der Waals surface area contributed by atoms with Gasteiger partial charge < -0.3 is 10.2 Å². The second-order valence-electron chi connectivity index (χ2n) is 6.19. The average molecular weight is 272 g/mol. The fourth-order valence-corrected chi connectivity index (χ4v) is 2.31. The zero-order valence-electron chi connectivity index (χ0n) is 12.2. The Balaban J connectivity index is 2.02. The van der Waals surface area contributed by atoms with E-state index in [9.17, 15) is 4.79 Å². The summed E-state index contributed by atoms with van der Waals surface area (Å²) < 4.78 is 0. The summed E-state index contributed by atoms with van der Waals surface area (Å²) in [7, 11) is 0. The van der Waals surface area contributed by atoms with Gasteiger partial charge in [-0.15, -0.1) is 0 Å². The van der Waals surface area contributed by atoms with Crippen molar-refractivity contribution < 1.29 is 4.79 Å². The van der Waals surface area contributed by atoms with Crippen LogP contribution in [0.2, 0.25) is 0 Å². The molecule has 20 heavy (non-hydrogen) atoms. The van der Waals surface area contributed by atoms with Crippen LogP contribution in [0.3, 0.4) is 0 Å². The van der Waals surface area contributed by atoms with E-state index in [1.54, 1.807) is 18.3 Å². The normalized spacial score (nSPS) is 18.7.